The van der Waals surface area contributed by atoms with Crippen LogP contribution in [0.25, 0.3) is 0 Å². The lowest BCUT2D eigenvalue weighted by Crippen LogP contribution is -2.58. The SMILES string of the molecule is CC1CNC(CCC(=O)O)C(=O)N1Cc1ccco1. The van der Waals surface area contributed by atoms with Gasteiger partial charge in [0, 0.05) is 19.0 Å². The number of piperazine rings is 1. The first-order chi connectivity index (χ1) is 9.08. The molecule has 0 saturated carbocycles. The highest BCUT2D eigenvalue weighted by atomic mass is 16.4. The smallest absolute Gasteiger partial charge is 0.303 e. The maximum absolute atomic E-state index is 12.3. The van der Waals surface area contributed by atoms with Crippen LogP contribution >= 0.6 is 0 Å². The standard InChI is InChI=1S/C13H18N2O4/c1-9-7-14-11(4-5-12(16)17)13(18)15(9)8-10-3-2-6-19-10/h2-3,6,9,11,14H,4-5,7-8H2,1H3,(H,16,17). The van der Waals surface area contributed by atoms with Gasteiger partial charge in [0.15, 0.2) is 0 Å². The summed E-state index contributed by atoms with van der Waals surface area (Å²) in [6.45, 7) is 3.05. The zero-order valence-corrected chi connectivity index (χ0v) is 10.8. The van der Waals surface area contributed by atoms with Gasteiger partial charge in [-0.1, -0.05) is 0 Å². The Morgan fingerprint density at radius 1 is 1.63 bits per heavy atom. The van der Waals surface area contributed by atoms with Crippen molar-refractivity contribution in [2.24, 2.45) is 0 Å². The van der Waals surface area contributed by atoms with Crippen molar-refractivity contribution in [3.8, 4) is 0 Å². The van der Waals surface area contributed by atoms with E-state index in [1.807, 2.05) is 13.0 Å². The molecule has 2 rings (SSSR count). The average molecular weight is 266 g/mol. The third-order valence-electron chi connectivity index (χ3n) is 3.33. The molecule has 0 aromatic carbocycles. The number of carboxylic acid groups (broad SMARTS) is 1. The third kappa shape index (κ3) is 3.35. The van der Waals surface area contributed by atoms with E-state index in [0.29, 0.717) is 19.5 Å². The molecule has 6 heteroatoms. The lowest BCUT2D eigenvalue weighted by Gasteiger charge is -2.37. The van der Waals surface area contributed by atoms with E-state index in [2.05, 4.69) is 5.32 Å². The topological polar surface area (TPSA) is 82.8 Å². The van der Waals surface area contributed by atoms with Crippen LogP contribution < -0.4 is 5.32 Å². The van der Waals surface area contributed by atoms with Crippen molar-refractivity contribution in [3.05, 3.63) is 24.2 Å². The second-order valence-electron chi connectivity index (χ2n) is 4.79. The van der Waals surface area contributed by atoms with Crippen molar-refractivity contribution < 1.29 is 19.1 Å². The Morgan fingerprint density at radius 3 is 3.05 bits per heavy atom. The number of nitrogens with one attached hydrogen (secondary N) is 1. The highest BCUT2D eigenvalue weighted by Gasteiger charge is 2.33. The second-order valence-corrected chi connectivity index (χ2v) is 4.79. The molecule has 0 aliphatic carbocycles. The normalized spacial score (nSPS) is 23.6. The number of nitrogens with zero attached hydrogens (tertiary/aromatic N) is 1. The van der Waals surface area contributed by atoms with Crippen LogP contribution in [0.1, 0.15) is 25.5 Å². The molecule has 2 atom stereocenters. The molecule has 0 bridgehead atoms. The van der Waals surface area contributed by atoms with Crippen LogP contribution in [0, 0.1) is 0 Å². The van der Waals surface area contributed by atoms with E-state index in [1.165, 1.54) is 0 Å². The van der Waals surface area contributed by atoms with Gasteiger partial charge in [-0.15, -0.1) is 0 Å². The van der Waals surface area contributed by atoms with Crippen molar-refractivity contribution in [2.45, 2.75) is 38.4 Å². The maximum atomic E-state index is 12.3. The largest absolute Gasteiger partial charge is 0.481 e. The van der Waals surface area contributed by atoms with Crippen LogP contribution in [0.4, 0.5) is 0 Å². The van der Waals surface area contributed by atoms with Gasteiger partial charge in [0.25, 0.3) is 0 Å². The summed E-state index contributed by atoms with van der Waals surface area (Å²) in [5, 5.41) is 11.8. The highest BCUT2D eigenvalue weighted by Crippen LogP contribution is 2.16. The molecule has 1 aromatic rings. The first-order valence-electron chi connectivity index (χ1n) is 6.36. The van der Waals surface area contributed by atoms with Gasteiger partial charge in [-0.2, -0.15) is 0 Å². The van der Waals surface area contributed by atoms with E-state index >= 15 is 0 Å². The average Bonchev–Trinajstić information content (AvgIpc) is 2.86. The Morgan fingerprint density at radius 2 is 2.42 bits per heavy atom. The third-order valence-corrected chi connectivity index (χ3v) is 3.33. The summed E-state index contributed by atoms with van der Waals surface area (Å²) in [6, 6.07) is 3.27. The summed E-state index contributed by atoms with van der Waals surface area (Å²) in [5.74, 6) is -0.207. The van der Waals surface area contributed by atoms with Gasteiger partial charge in [0.1, 0.15) is 5.76 Å². The van der Waals surface area contributed by atoms with Gasteiger partial charge < -0.3 is 19.7 Å². The van der Waals surface area contributed by atoms with Crippen LogP contribution in [0.2, 0.25) is 0 Å². The Kier molecular flexibility index (Phi) is 4.21. The van der Waals surface area contributed by atoms with Crippen LogP contribution in [0.5, 0.6) is 0 Å². The monoisotopic (exact) mass is 266 g/mol. The van der Waals surface area contributed by atoms with Crippen molar-refractivity contribution in [1.29, 1.82) is 0 Å². The molecule has 104 valence electrons. The van der Waals surface area contributed by atoms with E-state index in [1.54, 1.807) is 17.2 Å². The van der Waals surface area contributed by atoms with Gasteiger partial charge in [-0.25, -0.2) is 0 Å². The van der Waals surface area contributed by atoms with Crippen LogP contribution in [-0.4, -0.2) is 40.5 Å². The molecule has 19 heavy (non-hydrogen) atoms. The van der Waals surface area contributed by atoms with Gasteiger partial charge >= 0.3 is 5.97 Å². The molecule has 6 nitrogen and oxygen atoms in total. The molecule has 1 saturated heterocycles. The quantitative estimate of drug-likeness (QED) is 0.825. The van der Waals surface area contributed by atoms with Gasteiger partial charge in [0.2, 0.25) is 5.91 Å². The van der Waals surface area contributed by atoms with Crippen molar-refractivity contribution in [2.75, 3.05) is 6.54 Å². The Hall–Kier alpha value is -1.82. The molecule has 1 aliphatic rings. The predicted octanol–water partition coefficient (Wildman–Crippen LogP) is 0.833. The summed E-state index contributed by atoms with van der Waals surface area (Å²) in [6.07, 6.45) is 1.89. The molecule has 2 heterocycles. The first kappa shape index (κ1) is 13.6. The van der Waals surface area contributed by atoms with Crippen molar-refractivity contribution in [3.63, 3.8) is 0 Å². The van der Waals surface area contributed by atoms with Gasteiger partial charge in [-0.3, -0.25) is 9.59 Å². The number of hydrogen-bond acceptors (Lipinski definition) is 4. The van der Waals surface area contributed by atoms with Gasteiger partial charge in [-0.05, 0) is 25.5 Å². The first-order valence-corrected chi connectivity index (χ1v) is 6.36. The van der Waals surface area contributed by atoms with E-state index in [-0.39, 0.29) is 18.4 Å². The summed E-state index contributed by atoms with van der Waals surface area (Å²) in [5.41, 5.74) is 0. The number of carboxylic acids is 1. The minimum atomic E-state index is -0.884. The Bertz CT molecular complexity index is 444. The number of carbonyl (C=O) groups is 2. The lowest BCUT2D eigenvalue weighted by atomic mass is 10.0. The van der Waals surface area contributed by atoms with Crippen molar-refractivity contribution >= 4 is 11.9 Å². The molecule has 0 spiro atoms. The Balaban J connectivity index is 2.00. The molecule has 1 aliphatic heterocycles. The number of amides is 1. The van der Waals surface area contributed by atoms with E-state index < -0.39 is 12.0 Å². The molecule has 1 fully saturated rings. The Labute approximate surface area is 111 Å². The molecule has 1 amide bonds. The molecule has 2 unspecified atom stereocenters. The highest BCUT2D eigenvalue weighted by molar-refractivity contribution is 5.83. The fraction of sp³-hybridized carbons (Fsp3) is 0.538. The minimum absolute atomic E-state index is 0.00756. The number of carbonyl (C=O) groups excluding carboxylic acids is 1. The van der Waals surface area contributed by atoms with Crippen LogP contribution in [0.3, 0.4) is 0 Å². The van der Waals surface area contributed by atoms with Crippen LogP contribution in [-0.2, 0) is 16.1 Å². The van der Waals surface area contributed by atoms with Crippen LogP contribution in [0.15, 0.2) is 22.8 Å². The summed E-state index contributed by atoms with van der Waals surface area (Å²) in [7, 11) is 0. The summed E-state index contributed by atoms with van der Waals surface area (Å²) >= 11 is 0. The number of furan rings is 1. The molecule has 2 N–H and O–H groups in total. The maximum Gasteiger partial charge on any atom is 0.303 e. The number of aliphatic carboxylic acids is 1. The van der Waals surface area contributed by atoms with Gasteiger partial charge in [0.05, 0.1) is 18.8 Å². The molecular weight excluding hydrogens is 248 g/mol. The fourth-order valence-electron chi connectivity index (χ4n) is 2.23. The van der Waals surface area contributed by atoms with Crippen molar-refractivity contribution in [1.82, 2.24) is 10.2 Å². The number of hydrogen-bond donors (Lipinski definition) is 2. The summed E-state index contributed by atoms with van der Waals surface area (Å²) < 4.78 is 5.26. The summed E-state index contributed by atoms with van der Waals surface area (Å²) in [4.78, 5) is 24.6. The van der Waals surface area contributed by atoms with E-state index in [9.17, 15) is 9.59 Å². The van der Waals surface area contributed by atoms with E-state index in [4.69, 9.17) is 9.52 Å². The zero-order chi connectivity index (χ0) is 13.8. The molecular formula is C13H18N2O4. The minimum Gasteiger partial charge on any atom is -0.481 e. The second kappa shape index (κ2) is 5.88. The zero-order valence-electron chi connectivity index (χ0n) is 10.8. The fourth-order valence-corrected chi connectivity index (χ4v) is 2.23. The number of rotatable bonds is 5. The lowest BCUT2D eigenvalue weighted by molar-refractivity contribution is -0.141. The predicted molar refractivity (Wildman–Crippen MR) is 67.4 cm³/mol. The molecule has 1 aromatic heterocycles. The van der Waals surface area contributed by atoms with E-state index in [0.717, 1.165) is 5.76 Å². The molecule has 0 radical (unpaired) electrons.